The van der Waals surface area contributed by atoms with Gasteiger partial charge in [-0.3, -0.25) is 0 Å². The molecular weight excluding hydrogens is 60.1 g/mol. The van der Waals surface area contributed by atoms with Gasteiger partial charge in [0.25, 0.3) is 0 Å². The molecule has 30 valence electrons. The van der Waals surface area contributed by atoms with E-state index in [1.54, 1.807) is 0 Å². The topological polar surface area (TPSA) is 0 Å². The SMILES string of the molecule is [2H]CC1CCC1. The zero-order valence-electron chi connectivity index (χ0n) is 4.41. The van der Waals surface area contributed by atoms with Crippen molar-refractivity contribution in [3.8, 4) is 0 Å². The van der Waals surface area contributed by atoms with Gasteiger partial charge in [0.1, 0.15) is 0 Å². The predicted molar refractivity (Wildman–Crippen MR) is 23.0 cm³/mol. The smallest absolute Gasteiger partial charge is 0.0233 e. The van der Waals surface area contributed by atoms with Crippen LogP contribution in [0.15, 0.2) is 0 Å². The number of hydrogen-bond donors (Lipinski definition) is 0. The molecule has 1 aliphatic carbocycles. The van der Waals surface area contributed by atoms with E-state index < -0.39 is 0 Å². The van der Waals surface area contributed by atoms with Crippen molar-refractivity contribution < 1.29 is 1.37 Å². The van der Waals surface area contributed by atoms with Crippen LogP contribution in [0.2, 0.25) is 0 Å². The second-order valence-corrected chi connectivity index (χ2v) is 1.80. The lowest BCUT2D eigenvalue weighted by Crippen LogP contribution is -2.04. The van der Waals surface area contributed by atoms with Gasteiger partial charge in [-0.1, -0.05) is 26.2 Å². The van der Waals surface area contributed by atoms with Gasteiger partial charge in [0.2, 0.25) is 0 Å². The minimum atomic E-state index is 0.667. The van der Waals surface area contributed by atoms with Gasteiger partial charge >= 0.3 is 0 Å². The largest absolute Gasteiger partial charge is 0.0625 e. The monoisotopic (exact) mass is 71.1 g/mol. The third-order valence-electron chi connectivity index (χ3n) is 1.22. The minimum absolute atomic E-state index is 0.667. The molecule has 1 rings (SSSR count). The van der Waals surface area contributed by atoms with Crippen molar-refractivity contribution >= 4 is 0 Å². The maximum atomic E-state index is 6.86. The summed E-state index contributed by atoms with van der Waals surface area (Å²) in [4.78, 5) is 0. The molecule has 1 fully saturated rings. The van der Waals surface area contributed by atoms with Crippen LogP contribution in [-0.4, -0.2) is 0 Å². The maximum absolute atomic E-state index is 6.86. The third kappa shape index (κ3) is 0.444. The van der Waals surface area contributed by atoms with Gasteiger partial charge in [0.05, 0.1) is 0 Å². The molecule has 0 heterocycles. The molecule has 1 aliphatic rings. The van der Waals surface area contributed by atoms with Crippen molar-refractivity contribution in [1.29, 1.82) is 0 Å². The van der Waals surface area contributed by atoms with Crippen molar-refractivity contribution in [2.24, 2.45) is 5.92 Å². The Morgan fingerprint density at radius 3 is 2.60 bits per heavy atom. The molecule has 0 unspecified atom stereocenters. The quantitative estimate of drug-likeness (QED) is 0.408. The van der Waals surface area contributed by atoms with Gasteiger partial charge in [-0.05, 0) is 5.92 Å². The van der Waals surface area contributed by atoms with Crippen LogP contribution in [0.5, 0.6) is 0 Å². The average molecular weight is 71.1 g/mol. The lowest BCUT2D eigenvalue weighted by Gasteiger charge is -2.18. The summed E-state index contributed by atoms with van der Waals surface area (Å²) in [6, 6.07) is 0. The van der Waals surface area contributed by atoms with Crippen LogP contribution in [-0.2, 0) is 0 Å². The highest BCUT2D eigenvalue weighted by molar-refractivity contribution is 4.62. The fraction of sp³-hybridized carbons (Fsp3) is 1.00. The van der Waals surface area contributed by atoms with E-state index in [9.17, 15) is 0 Å². The minimum Gasteiger partial charge on any atom is -0.0625 e. The van der Waals surface area contributed by atoms with E-state index in [0.717, 1.165) is 5.92 Å². The van der Waals surface area contributed by atoms with E-state index in [1.165, 1.54) is 19.3 Å². The first-order chi connectivity index (χ1) is 2.93. The molecule has 0 heteroatoms. The van der Waals surface area contributed by atoms with E-state index in [1.807, 2.05) is 0 Å². The summed E-state index contributed by atoms with van der Waals surface area (Å²) < 4.78 is 6.86. The molecule has 1 saturated carbocycles. The van der Waals surface area contributed by atoms with Crippen LogP contribution in [0, 0.1) is 5.92 Å². The molecule has 5 heavy (non-hydrogen) atoms. The van der Waals surface area contributed by atoms with E-state index >= 15 is 0 Å². The molecule has 0 atom stereocenters. The normalized spacial score (nSPS) is 28.4. The fourth-order valence-electron chi connectivity index (χ4n) is 0.493. The van der Waals surface area contributed by atoms with Crippen LogP contribution < -0.4 is 0 Å². The average Bonchev–Trinajstić information content (AvgIpc) is 1.31. The van der Waals surface area contributed by atoms with E-state index in [2.05, 4.69) is 0 Å². The Morgan fingerprint density at radius 2 is 2.60 bits per heavy atom. The summed E-state index contributed by atoms with van der Waals surface area (Å²) in [5.41, 5.74) is 0. The molecule has 0 amide bonds. The Kier molecular flexibility index (Phi) is 0.444. The second kappa shape index (κ2) is 1.00. The van der Waals surface area contributed by atoms with Crippen molar-refractivity contribution in [3.05, 3.63) is 0 Å². The molecule has 0 aliphatic heterocycles. The van der Waals surface area contributed by atoms with Gasteiger partial charge in [0, 0.05) is 1.37 Å². The zero-order valence-corrected chi connectivity index (χ0v) is 3.41. The maximum Gasteiger partial charge on any atom is 0.0233 e. The number of rotatable bonds is 0. The van der Waals surface area contributed by atoms with Crippen molar-refractivity contribution in [2.75, 3.05) is 0 Å². The highest BCUT2D eigenvalue weighted by Crippen LogP contribution is 2.24. The summed E-state index contributed by atoms with van der Waals surface area (Å²) in [5, 5.41) is 0. The Bertz CT molecular complexity index is 36.4. The summed E-state index contributed by atoms with van der Waals surface area (Å²) >= 11 is 0. The fourth-order valence-corrected chi connectivity index (χ4v) is 0.493. The first-order valence-corrected chi connectivity index (χ1v) is 2.22. The van der Waals surface area contributed by atoms with Gasteiger partial charge < -0.3 is 0 Å². The molecule has 0 spiro atoms. The highest BCUT2D eigenvalue weighted by atomic mass is 14.1. The first kappa shape index (κ1) is 2.22. The van der Waals surface area contributed by atoms with Gasteiger partial charge in [0.15, 0.2) is 0 Å². The molecule has 0 aromatic heterocycles. The van der Waals surface area contributed by atoms with Crippen molar-refractivity contribution in [3.63, 3.8) is 0 Å². The molecular formula is C5H10. The van der Waals surface area contributed by atoms with Crippen LogP contribution in [0.4, 0.5) is 0 Å². The van der Waals surface area contributed by atoms with Crippen LogP contribution in [0.3, 0.4) is 0 Å². The summed E-state index contributed by atoms with van der Waals surface area (Å²) in [7, 11) is 0. The van der Waals surface area contributed by atoms with Crippen molar-refractivity contribution in [1.82, 2.24) is 0 Å². The number of hydrogen-bond acceptors (Lipinski definition) is 0. The zero-order chi connectivity index (χ0) is 4.41. The van der Waals surface area contributed by atoms with Gasteiger partial charge in [-0.2, -0.15) is 0 Å². The Labute approximate surface area is 34.6 Å². The molecule has 0 nitrogen and oxygen atoms in total. The lowest BCUT2D eigenvalue weighted by atomic mass is 9.88. The highest BCUT2D eigenvalue weighted by Gasteiger charge is 2.09. The second-order valence-electron chi connectivity index (χ2n) is 1.80. The summed E-state index contributed by atoms with van der Waals surface area (Å²) in [6.07, 6.45) is 4.02. The third-order valence-corrected chi connectivity index (χ3v) is 1.22. The van der Waals surface area contributed by atoms with Crippen LogP contribution >= 0.6 is 0 Å². The van der Waals surface area contributed by atoms with Crippen LogP contribution in [0.25, 0.3) is 0 Å². The molecule has 0 aromatic carbocycles. The van der Waals surface area contributed by atoms with Crippen molar-refractivity contribution in [2.45, 2.75) is 26.2 Å². The standard InChI is InChI=1S/C5H10/c1-5-3-2-4-5/h5H,2-4H2,1H3/i1D. The molecule has 0 bridgehead atoms. The molecule has 0 radical (unpaired) electrons. The molecule has 0 saturated heterocycles. The van der Waals surface area contributed by atoms with Crippen LogP contribution in [0.1, 0.15) is 27.5 Å². The lowest BCUT2D eigenvalue weighted by molar-refractivity contribution is 0.346. The predicted octanol–water partition coefficient (Wildman–Crippen LogP) is 1.81. The van der Waals surface area contributed by atoms with Gasteiger partial charge in [-0.25, -0.2) is 0 Å². The van der Waals surface area contributed by atoms with Gasteiger partial charge in [-0.15, -0.1) is 0 Å². The molecule has 0 N–H and O–H groups in total. The van der Waals surface area contributed by atoms with E-state index in [-0.39, 0.29) is 0 Å². The van der Waals surface area contributed by atoms with E-state index in [0.29, 0.717) is 6.90 Å². The Balaban J connectivity index is 2.01. The summed E-state index contributed by atoms with van der Waals surface area (Å²) in [6.45, 7) is 0.667. The Morgan fingerprint density at radius 1 is 1.80 bits per heavy atom. The first-order valence-electron chi connectivity index (χ1n) is 2.93. The summed E-state index contributed by atoms with van der Waals surface area (Å²) in [5.74, 6) is 0.782. The molecule has 0 aromatic rings. The Hall–Kier alpha value is 0. The van der Waals surface area contributed by atoms with E-state index in [4.69, 9.17) is 1.37 Å².